The van der Waals surface area contributed by atoms with E-state index in [1.165, 1.54) is 36.5 Å². The molecule has 166 valence electrons. The highest BCUT2D eigenvalue weighted by Gasteiger charge is 2.26. The fourth-order valence-electron chi connectivity index (χ4n) is 3.64. The van der Waals surface area contributed by atoms with Crippen LogP contribution >= 0.6 is 0 Å². The molecule has 4 heteroatoms. The number of esters is 1. The van der Waals surface area contributed by atoms with E-state index in [1.807, 2.05) is 25.2 Å². The van der Waals surface area contributed by atoms with Gasteiger partial charge in [0.2, 0.25) is 0 Å². The van der Waals surface area contributed by atoms with E-state index >= 15 is 0 Å². The minimum atomic E-state index is -0.790. The predicted octanol–water partition coefficient (Wildman–Crippen LogP) is 6.71. The Hall–Kier alpha value is -2.36. The second-order valence-electron chi connectivity index (χ2n) is 8.79. The third kappa shape index (κ3) is 10.4. The van der Waals surface area contributed by atoms with Gasteiger partial charge in [0.25, 0.3) is 0 Å². The van der Waals surface area contributed by atoms with Gasteiger partial charge in [-0.05, 0) is 75.9 Å². The molecule has 1 rings (SSSR count). The van der Waals surface area contributed by atoms with Crippen LogP contribution in [0.25, 0.3) is 0 Å². The molecule has 0 spiro atoms. The third-order valence-corrected chi connectivity index (χ3v) is 5.40. The van der Waals surface area contributed by atoms with Gasteiger partial charge in [-0.3, -0.25) is 4.79 Å². The van der Waals surface area contributed by atoms with Crippen molar-refractivity contribution in [2.24, 2.45) is 5.41 Å². The number of carbonyl (C=O) groups is 2. The lowest BCUT2D eigenvalue weighted by Gasteiger charge is -2.32. The van der Waals surface area contributed by atoms with Crippen molar-refractivity contribution < 1.29 is 19.4 Å². The number of carboxylic acids is 1. The number of rotatable bonds is 11. The molecule has 1 aliphatic carbocycles. The lowest BCUT2D eigenvalue weighted by molar-refractivity contribution is -0.139. The molecule has 0 aromatic heterocycles. The van der Waals surface area contributed by atoms with Crippen LogP contribution in [0.15, 0.2) is 58.7 Å². The lowest BCUT2D eigenvalue weighted by Crippen LogP contribution is -2.19. The first kappa shape index (κ1) is 25.7. The molecule has 30 heavy (non-hydrogen) atoms. The molecule has 0 aliphatic heterocycles. The molecular formula is C26H38O4. The van der Waals surface area contributed by atoms with Crippen LogP contribution in [0.1, 0.15) is 79.6 Å². The summed E-state index contributed by atoms with van der Waals surface area (Å²) in [6, 6.07) is 0. The fourth-order valence-corrected chi connectivity index (χ4v) is 3.64. The summed E-state index contributed by atoms with van der Waals surface area (Å²) >= 11 is 0. The molecule has 0 amide bonds. The van der Waals surface area contributed by atoms with Gasteiger partial charge in [0.15, 0.2) is 0 Å². The Morgan fingerprint density at radius 2 is 1.83 bits per heavy atom. The molecule has 0 atom stereocenters. The van der Waals surface area contributed by atoms with Crippen molar-refractivity contribution in [2.45, 2.75) is 79.6 Å². The molecule has 0 aromatic carbocycles. The molecule has 1 N–H and O–H groups in total. The fraction of sp³-hybridized carbons (Fsp3) is 0.538. The van der Waals surface area contributed by atoms with Crippen LogP contribution in [0.2, 0.25) is 0 Å². The molecule has 1 aliphatic rings. The van der Waals surface area contributed by atoms with Gasteiger partial charge >= 0.3 is 11.9 Å². The highest BCUT2D eigenvalue weighted by molar-refractivity contribution is 5.83. The summed E-state index contributed by atoms with van der Waals surface area (Å²) < 4.78 is 5.15. The Kier molecular flexibility index (Phi) is 11.2. The molecule has 0 bridgehead atoms. The van der Waals surface area contributed by atoms with Crippen LogP contribution in [-0.4, -0.2) is 23.7 Å². The Morgan fingerprint density at radius 1 is 1.10 bits per heavy atom. The topological polar surface area (TPSA) is 63.6 Å². The first-order valence-electron chi connectivity index (χ1n) is 10.9. The summed E-state index contributed by atoms with van der Waals surface area (Å²) in [4.78, 5) is 22.2. The van der Waals surface area contributed by atoms with Crippen LogP contribution in [0.3, 0.4) is 0 Å². The van der Waals surface area contributed by atoms with Crippen molar-refractivity contribution in [2.75, 3.05) is 6.61 Å². The normalized spacial score (nSPS) is 17.8. The molecule has 0 fully saturated rings. The molecule has 0 heterocycles. The second-order valence-corrected chi connectivity index (χ2v) is 8.79. The van der Waals surface area contributed by atoms with E-state index < -0.39 is 5.97 Å². The highest BCUT2D eigenvalue weighted by atomic mass is 16.5. The van der Waals surface area contributed by atoms with Crippen molar-refractivity contribution in [3.63, 3.8) is 0 Å². The van der Waals surface area contributed by atoms with Gasteiger partial charge in [-0.2, -0.15) is 0 Å². The standard InChI is InChI=1S/C26H38O4/c1-20(15-16-23-22(3)13-10-17-26(23,4)5)11-9-12-21(2)19-25(29)30-18-8-6-7-14-24(27)28/h9,11-12,15-16,19H,6-8,10,13-14,17-18H2,1-5H3,(H,27,28)/b12-9+,16-15+,20-11-,21-19+. The van der Waals surface area contributed by atoms with E-state index in [0.717, 1.165) is 17.6 Å². The maximum absolute atomic E-state index is 11.8. The monoisotopic (exact) mass is 414 g/mol. The Bertz CT molecular complexity index is 745. The number of hydrogen-bond acceptors (Lipinski definition) is 3. The lowest BCUT2D eigenvalue weighted by atomic mass is 9.72. The van der Waals surface area contributed by atoms with Crippen molar-refractivity contribution in [3.8, 4) is 0 Å². The first-order chi connectivity index (χ1) is 14.1. The van der Waals surface area contributed by atoms with Gasteiger partial charge < -0.3 is 9.84 Å². The zero-order chi connectivity index (χ0) is 22.6. The first-order valence-corrected chi connectivity index (χ1v) is 10.9. The minimum absolute atomic E-state index is 0.162. The van der Waals surface area contributed by atoms with Crippen LogP contribution in [-0.2, 0) is 14.3 Å². The van der Waals surface area contributed by atoms with Gasteiger partial charge in [0, 0.05) is 12.5 Å². The number of allylic oxidation sites excluding steroid dienone is 9. The van der Waals surface area contributed by atoms with Crippen molar-refractivity contribution in [1.29, 1.82) is 0 Å². The summed E-state index contributed by atoms with van der Waals surface area (Å²) in [5, 5.41) is 8.57. The van der Waals surface area contributed by atoms with E-state index in [9.17, 15) is 9.59 Å². The van der Waals surface area contributed by atoms with Gasteiger partial charge in [0.1, 0.15) is 0 Å². The zero-order valence-electron chi connectivity index (χ0n) is 19.3. The van der Waals surface area contributed by atoms with Crippen LogP contribution in [0, 0.1) is 5.41 Å². The SMILES string of the molecule is CC1=C(/C=C/C(C)=C\C=C\C(C)=C\C(=O)OCCCCCC(=O)O)C(C)(C)CCC1. The number of unbranched alkanes of at least 4 members (excludes halogenated alkanes) is 2. The van der Waals surface area contributed by atoms with Crippen molar-refractivity contribution in [1.82, 2.24) is 0 Å². The molecule has 0 saturated heterocycles. The molecule has 4 nitrogen and oxygen atoms in total. The molecular weight excluding hydrogens is 376 g/mol. The summed E-state index contributed by atoms with van der Waals surface area (Å²) in [6.45, 7) is 11.1. The van der Waals surface area contributed by atoms with E-state index in [0.29, 0.717) is 19.4 Å². The Balaban J connectivity index is 2.47. The van der Waals surface area contributed by atoms with Gasteiger partial charge in [-0.1, -0.05) is 55.4 Å². The maximum atomic E-state index is 11.8. The minimum Gasteiger partial charge on any atom is -0.481 e. The highest BCUT2D eigenvalue weighted by Crippen LogP contribution is 2.40. The summed E-state index contributed by atoms with van der Waals surface area (Å²) in [5.74, 6) is -1.15. The average molecular weight is 415 g/mol. The number of hydrogen-bond donors (Lipinski definition) is 1. The largest absolute Gasteiger partial charge is 0.481 e. The summed E-state index contributed by atoms with van der Waals surface area (Å²) in [5.41, 5.74) is 5.16. The Morgan fingerprint density at radius 3 is 2.50 bits per heavy atom. The number of carboxylic acid groups (broad SMARTS) is 1. The number of carbonyl (C=O) groups excluding carboxylic acids is 1. The predicted molar refractivity (Wildman–Crippen MR) is 123 cm³/mol. The maximum Gasteiger partial charge on any atom is 0.331 e. The van der Waals surface area contributed by atoms with Crippen molar-refractivity contribution >= 4 is 11.9 Å². The van der Waals surface area contributed by atoms with Gasteiger partial charge in [0.05, 0.1) is 6.61 Å². The zero-order valence-corrected chi connectivity index (χ0v) is 19.3. The molecule has 0 radical (unpaired) electrons. The van der Waals surface area contributed by atoms with Gasteiger partial charge in [-0.25, -0.2) is 4.79 Å². The van der Waals surface area contributed by atoms with E-state index in [4.69, 9.17) is 9.84 Å². The molecule has 0 unspecified atom stereocenters. The van der Waals surface area contributed by atoms with Crippen LogP contribution in [0.4, 0.5) is 0 Å². The smallest absolute Gasteiger partial charge is 0.331 e. The van der Waals surface area contributed by atoms with E-state index in [2.05, 4.69) is 39.8 Å². The third-order valence-electron chi connectivity index (χ3n) is 5.40. The van der Waals surface area contributed by atoms with Gasteiger partial charge in [-0.15, -0.1) is 0 Å². The van der Waals surface area contributed by atoms with E-state index in [-0.39, 0.29) is 17.8 Å². The average Bonchev–Trinajstić information content (AvgIpc) is 2.63. The Labute approximate surface area is 182 Å². The molecule has 0 aromatic rings. The number of aliphatic carboxylic acids is 1. The second kappa shape index (κ2) is 13.0. The van der Waals surface area contributed by atoms with E-state index in [1.54, 1.807) is 0 Å². The van der Waals surface area contributed by atoms with Crippen LogP contribution < -0.4 is 0 Å². The quantitative estimate of drug-likeness (QED) is 0.177. The molecule has 0 saturated carbocycles. The number of ether oxygens (including phenoxy) is 1. The summed E-state index contributed by atoms with van der Waals surface area (Å²) in [6.07, 6.45) is 17.6. The van der Waals surface area contributed by atoms with Crippen LogP contribution in [0.5, 0.6) is 0 Å². The summed E-state index contributed by atoms with van der Waals surface area (Å²) in [7, 11) is 0. The van der Waals surface area contributed by atoms with Crippen molar-refractivity contribution in [3.05, 3.63) is 58.7 Å².